The molecule has 0 aromatic carbocycles. The summed E-state index contributed by atoms with van der Waals surface area (Å²) in [7, 11) is 1.85. The van der Waals surface area contributed by atoms with Crippen LogP contribution in [0, 0.1) is 0 Å². The van der Waals surface area contributed by atoms with Crippen molar-refractivity contribution in [3.05, 3.63) is 18.3 Å². The number of hydrogen-bond acceptors (Lipinski definition) is 6. The normalized spacial score (nSPS) is 12.1. The molecule has 0 amide bonds. The van der Waals surface area contributed by atoms with Crippen molar-refractivity contribution >= 4 is 15.8 Å². The van der Waals surface area contributed by atoms with Gasteiger partial charge in [0, 0.05) is 26.3 Å². The van der Waals surface area contributed by atoms with Gasteiger partial charge in [-0.05, 0) is 26.2 Å². The Kier molecular flexibility index (Phi) is 5.03. The summed E-state index contributed by atoms with van der Waals surface area (Å²) in [5, 5.41) is 0. The van der Waals surface area contributed by atoms with Crippen molar-refractivity contribution < 1.29 is 8.42 Å². The van der Waals surface area contributed by atoms with Crippen LogP contribution in [0.3, 0.4) is 0 Å². The Morgan fingerprint density at radius 3 is 2.39 bits per heavy atom. The van der Waals surface area contributed by atoms with Crippen molar-refractivity contribution in [1.82, 2.24) is 14.2 Å². The fourth-order valence-electron chi connectivity index (χ4n) is 1.26. The minimum absolute atomic E-state index is 0.155. The molecule has 0 fully saturated rings. The van der Waals surface area contributed by atoms with Gasteiger partial charge in [0.25, 0.3) is 0 Å². The number of sulfonamides is 1. The summed E-state index contributed by atoms with van der Waals surface area (Å²) < 4.78 is 25.6. The van der Waals surface area contributed by atoms with E-state index in [1.807, 2.05) is 19.0 Å². The first-order valence-corrected chi connectivity index (χ1v) is 6.85. The van der Waals surface area contributed by atoms with E-state index in [-0.39, 0.29) is 4.90 Å². The summed E-state index contributed by atoms with van der Waals surface area (Å²) >= 11 is 0. The van der Waals surface area contributed by atoms with E-state index in [4.69, 9.17) is 5.84 Å². The van der Waals surface area contributed by atoms with E-state index in [9.17, 15) is 8.42 Å². The number of aromatic nitrogens is 1. The Morgan fingerprint density at radius 2 is 1.94 bits per heavy atom. The number of anilines is 1. The Morgan fingerprint density at radius 1 is 1.28 bits per heavy atom. The highest BCUT2D eigenvalue weighted by Gasteiger charge is 2.20. The fraction of sp³-hybridized carbons (Fsp3) is 0.500. The topological polar surface area (TPSA) is 91.6 Å². The second kappa shape index (κ2) is 6.10. The van der Waals surface area contributed by atoms with Crippen molar-refractivity contribution in [1.29, 1.82) is 0 Å². The quantitative estimate of drug-likeness (QED) is 0.539. The first-order chi connectivity index (χ1) is 8.37. The zero-order chi connectivity index (χ0) is 13.8. The highest BCUT2D eigenvalue weighted by Crippen LogP contribution is 2.14. The van der Waals surface area contributed by atoms with Gasteiger partial charge in [-0.1, -0.05) is 0 Å². The summed E-state index contributed by atoms with van der Waals surface area (Å²) in [5.41, 5.74) is 2.35. The number of likely N-dealkylation sites (N-methyl/N-ethyl adjacent to an activating group) is 2. The van der Waals surface area contributed by atoms with Gasteiger partial charge >= 0.3 is 0 Å². The molecule has 0 saturated carbocycles. The average Bonchev–Trinajstić information content (AvgIpc) is 2.35. The summed E-state index contributed by atoms with van der Waals surface area (Å²) in [4.78, 5) is 5.97. The van der Waals surface area contributed by atoms with Crippen LogP contribution < -0.4 is 11.3 Å². The Balaban J connectivity index is 2.84. The van der Waals surface area contributed by atoms with Crippen molar-refractivity contribution in [2.24, 2.45) is 5.84 Å². The molecule has 1 aromatic rings. The molecule has 7 nitrogen and oxygen atoms in total. The number of nitrogen functional groups attached to an aromatic ring is 1. The van der Waals surface area contributed by atoms with Crippen LogP contribution in [0.2, 0.25) is 0 Å². The SMILES string of the molecule is CN(C)CCN(C)S(=O)(=O)c1ccc(NN)nc1. The summed E-state index contributed by atoms with van der Waals surface area (Å²) in [6.07, 6.45) is 1.29. The van der Waals surface area contributed by atoms with Crippen LogP contribution in [0.15, 0.2) is 23.2 Å². The smallest absolute Gasteiger partial charge is 0.244 e. The van der Waals surface area contributed by atoms with Crippen molar-refractivity contribution in [2.45, 2.75) is 4.90 Å². The van der Waals surface area contributed by atoms with Crippen LogP contribution in [0.25, 0.3) is 0 Å². The summed E-state index contributed by atoms with van der Waals surface area (Å²) in [6.45, 7) is 1.08. The molecule has 0 radical (unpaired) electrons. The van der Waals surface area contributed by atoms with Crippen molar-refractivity contribution in [3.8, 4) is 0 Å². The third-order valence-electron chi connectivity index (χ3n) is 2.45. The molecule has 18 heavy (non-hydrogen) atoms. The molecule has 8 heteroatoms. The molecule has 0 spiro atoms. The Labute approximate surface area is 108 Å². The van der Waals surface area contributed by atoms with Crippen molar-refractivity contribution in [2.75, 3.05) is 39.7 Å². The molecular weight excluding hydrogens is 254 g/mol. The predicted octanol–water partition coefficient (Wildman–Crippen LogP) is -0.451. The first-order valence-electron chi connectivity index (χ1n) is 5.41. The Bertz CT molecular complexity index is 472. The lowest BCUT2D eigenvalue weighted by Crippen LogP contribution is -2.33. The van der Waals surface area contributed by atoms with E-state index in [0.29, 0.717) is 18.9 Å². The lowest BCUT2D eigenvalue weighted by Gasteiger charge is -2.19. The number of hydrogen-bond donors (Lipinski definition) is 2. The average molecular weight is 273 g/mol. The van der Waals surface area contributed by atoms with Crippen molar-refractivity contribution in [3.63, 3.8) is 0 Å². The number of nitrogens with zero attached hydrogens (tertiary/aromatic N) is 3. The third kappa shape index (κ3) is 3.64. The molecule has 1 rings (SSSR count). The van der Waals surface area contributed by atoms with Gasteiger partial charge in [0.05, 0.1) is 0 Å². The zero-order valence-electron chi connectivity index (χ0n) is 10.8. The number of nitrogens with one attached hydrogen (secondary N) is 1. The van der Waals surface area contributed by atoms with Gasteiger partial charge in [0.2, 0.25) is 10.0 Å². The highest BCUT2D eigenvalue weighted by atomic mass is 32.2. The molecule has 0 saturated heterocycles. The van der Waals surface area contributed by atoms with E-state index in [2.05, 4.69) is 10.4 Å². The number of rotatable bonds is 6. The van der Waals surface area contributed by atoms with Crippen LogP contribution in [0.5, 0.6) is 0 Å². The van der Waals surface area contributed by atoms with Gasteiger partial charge in [0.15, 0.2) is 0 Å². The fourth-order valence-corrected chi connectivity index (χ4v) is 2.37. The van der Waals surface area contributed by atoms with Gasteiger partial charge in [-0.2, -0.15) is 4.31 Å². The Hall–Kier alpha value is -1.22. The summed E-state index contributed by atoms with van der Waals surface area (Å²) in [5.74, 6) is 5.59. The summed E-state index contributed by atoms with van der Waals surface area (Å²) in [6, 6.07) is 3.00. The minimum atomic E-state index is -3.48. The van der Waals surface area contributed by atoms with E-state index in [1.54, 1.807) is 7.05 Å². The maximum Gasteiger partial charge on any atom is 0.244 e. The van der Waals surface area contributed by atoms with Gasteiger partial charge in [0.1, 0.15) is 10.7 Å². The van der Waals surface area contributed by atoms with E-state index in [0.717, 1.165) is 0 Å². The maximum absolute atomic E-state index is 12.2. The lowest BCUT2D eigenvalue weighted by molar-refractivity contribution is 0.358. The minimum Gasteiger partial charge on any atom is -0.308 e. The second-order valence-corrected chi connectivity index (χ2v) is 6.20. The molecule has 3 N–H and O–H groups in total. The van der Waals surface area contributed by atoms with Crippen LogP contribution in [-0.2, 0) is 10.0 Å². The highest BCUT2D eigenvalue weighted by molar-refractivity contribution is 7.89. The van der Waals surface area contributed by atoms with Crippen LogP contribution in [0.4, 0.5) is 5.82 Å². The standard InChI is InChI=1S/C10H19N5O2S/c1-14(2)6-7-15(3)18(16,17)9-4-5-10(13-11)12-8-9/h4-5,8H,6-7,11H2,1-3H3,(H,12,13). The molecule has 0 aliphatic carbocycles. The maximum atomic E-state index is 12.2. The molecule has 0 atom stereocenters. The molecule has 0 bridgehead atoms. The van der Waals surface area contributed by atoms with Gasteiger partial charge in [-0.15, -0.1) is 0 Å². The van der Waals surface area contributed by atoms with Gasteiger partial charge in [-0.25, -0.2) is 19.2 Å². The number of hydrazine groups is 1. The van der Waals surface area contributed by atoms with Crippen LogP contribution in [-0.4, -0.2) is 56.8 Å². The molecule has 102 valence electrons. The molecule has 0 aliphatic rings. The monoisotopic (exact) mass is 273 g/mol. The molecular formula is C10H19N5O2S. The first kappa shape index (κ1) is 14.8. The van der Waals surface area contributed by atoms with Crippen LogP contribution >= 0.6 is 0 Å². The zero-order valence-corrected chi connectivity index (χ0v) is 11.6. The lowest BCUT2D eigenvalue weighted by atomic mass is 10.5. The molecule has 1 aromatic heterocycles. The second-order valence-electron chi connectivity index (χ2n) is 4.15. The number of nitrogens with two attached hydrogens (primary N) is 1. The molecule has 0 aliphatic heterocycles. The third-order valence-corrected chi connectivity index (χ3v) is 4.29. The predicted molar refractivity (Wildman–Crippen MR) is 70.4 cm³/mol. The molecule has 0 unspecified atom stereocenters. The number of pyridine rings is 1. The van der Waals surface area contributed by atoms with E-state index >= 15 is 0 Å². The van der Waals surface area contributed by atoms with E-state index in [1.165, 1.54) is 22.6 Å². The van der Waals surface area contributed by atoms with E-state index < -0.39 is 10.0 Å². The van der Waals surface area contributed by atoms with Crippen LogP contribution in [0.1, 0.15) is 0 Å². The van der Waals surface area contributed by atoms with Gasteiger partial charge in [-0.3, -0.25) is 0 Å². The molecule has 1 heterocycles. The van der Waals surface area contributed by atoms with Gasteiger partial charge < -0.3 is 10.3 Å². The largest absolute Gasteiger partial charge is 0.308 e.